The van der Waals surface area contributed by atoms with E-state index in [0.29, 0.717) is 6.42 Å². The summed E-state index contributed by atoms with van der Waals surface area (Å²) in [6.07, 6.45) is -0.0778. The Morgan fingerprint density at radius 3 is 2.68 bits per heavy atom. The first-order valence-corrected chi connectivity index (χ1v) is 9.48. The number of aliphatic hydroxyl groups excluding tert-OH is 1. The number of piperidine rings is 1. The van der Waals surface area contributed by atoms with Crippen LogP contribution in [0.25, 0.3) is 0 Å². The lowest BCUT2D eigenvalue weighted by atomic mass is 9.74. The van der Waals surface area contributed by atoms with Gasteiger partial charge in [-0.2, -0.15) is 4.31 Å². The Morgan fingerprint density at radius 2 is 2.18 bits per heavy atom. The number of thiophene rings is 1. The zero-order chi connectivity index (χ0) is 16.5. The Balaban J connectivity index is 2.36. The number of rotatable bonds is 5. The molecule has 2 N–H and O–H groups in total. The third-order valence-electron chi connectivity index (χ3n) is 4.18. The van der Waals surface area contributed by atoms with Gasteiger partial charge in [-0.05, 0) is 31.9 Å². The number of hydrogen-bond acceptors (Lipinski definition) is 5. The molecule has 0 saturated carbocycles. The van der Waals surface area contributed by atoms with E-state index < -0.39 is 27.5 Å². The van der Waals surface area contributed by atoms with Crippen molar-refractivity contribution in [2.75, 3.05) is 13.1 Å². The molecule has 0 radical (unpaired) electrons. The summed E-state index contributed by atoms with van der Waals surface area (Å²) in [4.78, 5) is 12.6. The van der Waals surface area contributed by atoms with E-state index in [9.17, 15) is 23.4 Å². The zero-order valence-corrected chi connectivity index (χ0v) is 14.3. The predicted molar refractivity (Wildman–Crippen MR) is 83.4 cm³/mol. The van der Waals surface area contributed by atoms with Gasteiger partial charge in [0.05, 0.1) is 6.10 Å². The number of sulfonamides is 1. The van der Waals surface area contributed by atoms with Crippen LogP contribution in [-0.2, 0) is 14.8 Å². The molecular formula is C14H21NO5S2. The quantitative estimate of drug-likeness (QED) is 0.845. The monoisotopic (exact) mass is 347 g/mol. The largest absolute Gasteiger partial charge is 0.481 e. The van der Waals surface area contributed by atoms with Crippen molar-refractivity contribution in [2.45, 2.75) is 43.4 Å². The number of nitrogens with zero attached hydrogens (tertiary/aromatic N) is 1. The lowest BCUT2D eigenvalue weighted by Gasteiger charge is -2.42. The van der Waals surface area contributed by atoms with E-state index in [-0.39, 0.29) is 30.1 Å². The van der Waals surface area contributed by atoms with Gasteiger partial charge in [0.25, 0.3) is 10.0 Å². The van der Waals surface area contributed by atoms with Crippen LogP contribution in [0.5, 0.6) is 0 Å². The third kappa shape index (κ3) is 2.92. The van der Waals surface area contributed by atoms with E-state index in [1.807, 2.05) is 13.8 Å². The van der Waals surface area contributed by atoms with Gasteiger partial charge in [0.2, 0.25) is 0 Å². The fourth-order valence-electron chi connectivity index (χ4n) is 2.93. The van der Waals surface area contributed by atoms with Crippen LogP contribution in [0, 0.1) is 12.3 Å². The van der Waals surface area contributed by atoms with Crippen molar-refractivity contribution in [1.82, 2.24) is 4.31 Å². The van der Waals surface area contributed by atoms with E-state index in [1.165, 1.54) is 15.6 Å². The second-order valence-electron chi connectivity index (χ2n) is 5.72. The van der Waals surface area contributed by atoms with Crippen molar-refractivity contribution in [3.05, 3.63) is 17.0 Å². The summed E-state index contributed by atoms with van der Waals surface area (Å²) in [5.41, 5.74) is -1.42. The molecule has 0 aromatic carbocycles. The van der Waals surface area contributed by atoms with E-state index in [4.69, 9.17) is 0 Å². The minimum absolute atomic E-state index is 0.135. The lowest BCUT2D eigenvalue weighted by Crippen LogP contribution is -2.57. The first-order chi connectivity index (χ1) is 10.2. The number of aryl methyl sites for hydroxylation is 1. The van der Waals surface area contributed by atoms with Crippen LogP contribution < -0.4 is 0 Å². The maximum Gasteiger partial charge on any atom is 0.313 e. The van der Waals surface area contributed by atoms with Crippen LogP contribution in [0.2, 0.25) is 0 Å². The number of carboxylic acids is 1. The summed E-state index contributed by atoms with van der Waals surface area (Å²) < 4.78 is 26.8. The molecule has 0 spiro atoms. The van der Waals surface area contributed by atoms with Crippen LogP contribution in [0.3, 0.4) is 0 Å². The molecule has 1 fully saturated rings. The molecule has 1 aliphatic rings. The minimum Gasteiger partial charge on any atom is -0.481 e. The van der Waals surface area contributed by atoms with Crippen LogP contribution in [0.1, 0.15) is 31.1 Å². The van der Waals surface area contributed by atoms with Gasteiger partial charge >= 0.3 is 5.97 Å². The summed E-state index contributed by atoms with van der Waals surface area (Å²) in [6.45, 7) is 3.60. The Labute approximate surface area is 134 Å². The van der Waals surface area contributed by atoms with E-state index >= 15 is 0 Å². The second kappa shape index (κ2) is 6.27. The number of hydrogen-bond donors (Lipinski definition) is 2. The standard InChI is InChI=1S/C14H21NO5S2/c1-3-7-14(13(17)18)9-15(8-6-11(14)16)22(19,20)12-5-4-10(2)21-12/h4-5,11,16H,3,6-9H2,1-2H3,(H,17,18)/t11-,14-/m0/s1. The highest BCUT2D eigenvalue weighted by Gasteiger charge is 2.51. The summed E-state index contributed by atoms with van der Waals surface area (Å²) in [5.74, 6) is -1.14. The smallest absolute Gasteiger partial charge is 0.313 e. The molecule has 1 aliphatic heterocycles. The molecule has 0 bridgehead atoms. The summed E-state index contributed by atoms with van der Waals surface area (Å²) >= 11 is 1.17. The van der Waals surface area contributed by atoms with Crippen molar-refractivity contribution in [3.8, 4) is 0 Å². The normalized spacial score (nSPS) is 27.0. The van der Waals surface area contributed by atoms with Crippen molar-refractivity contribution < 1.29 is 23.4 Å². The Morgan fingerprint density at radius 1 is 1.50 bits per heavy atom. The SMILES string of the molecule is CCC[C@]1(C(=O)O)CN(S(=O)(=O)c2ccc(C)s2)CC[C@@H]1O. The summed E-state index contributed by atoms with van der Waals surface area (Å²) in [6, 6.07) is 3.27. The predicted octanol–water partition coefficient (Wildman–Crippen LogP) is 1.68. The maximum atomic E-state index is 12.7. The van der Waals surface area contributed by atoms with Gasteiger partial charge in [0.1, 0.15) is 9.62 Å². The van der Waals surface area contributed by atoms with Gasteiger partial charge in [-0.3, -0.25) is 4.79 Å². The Hall–Kier alpha value is -0.960. The Kier molecular flexibility index (Phi) is 4.96. The molecule has 0 amide bonds. The van der Waals surface area contributed by atoms with Gasteiger partial charge in [-0.25, -0.2) is 8.42 Å². The van der Waals surface area contributed by atoms with Gasteiger partial charge in [0.15, 0.2) is 0 Å². The molecule has 0 aliphatic carbocycles. The topological polar surface area (TPSA) is 94.9 Å². The van der Waals surface area contributed by atoms with Crippen LogP contribution in [0.15, 0.2) is 16.3 Å². The van der Waals surface area contributed by atoms with Crippen molar-refractivity contribution in [1.29, 1.82) is 0 Å². The Bertz CT molecular complexity index is 654. The molecule has 6 nitrogen and oxygen atoms in total. The molecule has 0 unspecified atom stereocenters. The first-order valence-electron chi connectivity index (χ1n) is 7.22. The van der Waals surface area contributed by atoms with E-state index in [0.717, 1.165) is 4.88 Å². The molecule has 8 heteroatoms. The molecule has 1 aromatic rings. The lowest BCUT2D eigenvalue weighted by molar-refractivity contribution is -0.161. The highest BCUT2D eigenvalue weighted by atomic mass is 32.2. The molecule has 2 rings (SSSR count). The van der Waals surface area contributed by atoms with Gasteiger partial charge < -0.3 is 10.2 Å². The van der Waals surface area contributed by atoms with Crippen molar-refractivity contribution in [2.24, 2.45) is 5.41 Å². The number of aliphatic hydroxyl groups is 1. The number of aliphatic carboxylic acids is 1. The molecule has 1 aromatic heterocycles. The molecule has 124 valence electrons. The van der Waals surface area contributed by atoms with Crippen LogP contribution in [-0.4, -0.2) is 48.1 Å². The van der Waals surface area contributed by atoms with Crippen molar-refractivity contribution >= 4 is 27.3 Å². The van der Waals surface area contributed by atoms with Crippen LogP contribution in [0.4, 0.5) is 0 Å². The second-order valence-corrected chi connectivity index (χ2v) is 9.17. The molecule has 2 heterocycles. The third-order valence-corrected chi connectivity index (χ3v) is 7.49. The molecule has 1 saturated heterocycles. The van der Waals surface area contributed by atoms with Gasteiger partial charge in [0, 0.05) is 18.0 Å². The van der Waals surface area contributed by atoms with Gasteiger partial charge in [-0.1, -0.05) is 13.3 Å². The van der Waals surface area contributed by atoms with E-state index in [1.54, 1.807) is 12.1 Å². The highest BCUT2D eigenvalue weighted by molar-refractivity contribution is 7.91. The average Bonchev–Trinajstić information content (AvgIpc) is 2.88. The minimum atomic E-state index is -3.71. The van der Waals surface area contributed by atoms with E-state index in [2.05, 4.69) is 0 Å². The molecule has 2 atom stereocenters. The summed E-state index contributed by atoms with van der Waals surface area (Å²) in [5, 5.41) is 19.7. The van der Waals surface area contributed by atoms with Crippen molar-refractivity contribution in [3.63, 3.8) is 0 Å². The fraction of sp³-hybridized carbons (Fsp3) is 0.643. The fourth-order valence-corrected chi connectivity index (χ4v) is 5.90. The maximum absolute atomic E-state index is 12.7. The summed E-state index contributed by atoms with van der Waals surface area (Å²) in [7, 11) is -3.71. The first kappa shape index (κ1) is 17.4. The number of carbonyl (C=O) groups is 1. The molecule has 22 heavy (non-hydrogen) atoms. The molecular weight excluding hydrogens is 326 g/mol. The highest BCUT2D eigenvalue weighted by Crippen LogP contribution is 2.38. The number of carboxylic acid groups (broad SMARTS) is 1. The van der Waals surface area contributed by atoms with Crippen LogP contribution >= 0.6 is 11.3 Å². The average molecular weight is 347 g/mol. The zero-order valence-electron chi connectivity index (χ0n) is 12.7. The van der Waals surface area contributed by atoms with Gasteiger partial charge in [-0.15, -0.1) is 11.3 Å².